The molecule has 0 amide bonds. The highest BCUT2D eigenvalue weighted by molar-refractivity contribution is 5.46. The van der Waals surface area contributed by atoms with Crippen molar-refractivity contribution in [2.24, 2.45) is 0 Å². The predicted molar refractivity (Wildman–Crippen MR) is 72.1 cm³/mol. The van der Waals surface area contributed by atoms with Crippen LogP contribution in [-0.2, 0) is 6.18 Å². The first-order valence-electron chi connectivity index (χ1n) is 6.42. The summed E-state index contributed by atoms with van der Waals surface area (Å²) in [5.74, 6) is -0.107. The third-order valence-corrected chi connectivity index (χ3v) is 3.19. The number of nitriles is 1. The summed E-state index contributed by atoms with van der Waals surface area (Å²) in [4.78, 5) is 0. The van der Waals surface area contributed by atoms with Gasteiger partial charge < -0.3 is 0 Å². The molecule has 0 aliphatic heterocycles. The minimum Gasteiger partial charge on any atom is -0.237 e. The zero-order valence-corrected chi connectivity index (χ0v) is 11.9. The van der Waals surface area contributed by atoms with Gasteiger partial charge in [0.1, 0.15) is 0 Å². The van der Waals surface area contributed by atoms with Gasteiger partial charge in [-0.05, 0) is 42.7 Å². The molecule has 0 saturated carbocycles. The molecule has 1 aromatic heterocycles. The molecular formula is C15H14F3N3. The minimum atomic E-state index is -4.48. The molecule has 0 spiro atoms. The fraction of sp³-hybridized carbons (Fsp3) is 0.333. The Kier molecular flexibility index (Phi) is 3.77. The molecule has 6 heteroatoms. The number of benzene rings is 1. The van der Waals surface area contributed by atoms with Crippen LogP contribution < -0.4 is 0 Å². The van der Waals surface area contributed by atoms with Crippen molar-refractivity contribution in [2.45, 2.75) is 32.9 Å². The summed E-state index contributed by atoms with van der Waals surface area (Å²) in [5, 5.41) is 12.6. The molecular weight excluding hydrogens is 279 g/mol. The molecule has 0 atom stereocenters. The number of halogens is 3. The van der Waals surface area contributed by atoms with Crippen molar-refractivity contribution in [2.75, 3.05) is 0 Å². The smallest absolute Gasteiger partial charge is 0.237 e. The third kappa shape index (κ3) is 2.92. The first-order chi connectivity index (χ1) is 9.74. The topological polar surface area (TPSA) is 41.6 Å². The molecule has 0 aliphatic rings. The van der Waals surface area contributed by atoms with Gasteiger partial charge in [0.25, 0.3) is 0 Å². The fourth-order valence-electron chi connectivity index (χ4n) is 2.06. The summed E-state index contributed by atoms with van der Waals surface area (Å²) in [6.45, 7) is 5.36. The van der Waals surface area contributed by atoms with Crippen LogP contribution in [0.25, 0.3) is 5.69 Å². The summed E-state index contributed by atoms with van der Waals surface area (Å²) >= 11 is 0. The van der Waals surface area contributed by atoms with E-state index in [0.717, 1.165) is 6.07 Å². The van der Waals surface area contributed by atoms with Crippen LogP contribution in [0.3, 0.4) is 0 Å². The zero-order valence-electron chi connectivity index (χ0n) is 11.9. The summed E-state index contributed by atoms with van der Waals surface area (Å²) in [6, 6.07) is 7.95. The lowest BCUT2D eigenvalue weighted by atomic mass is 10.1. The highest BCUT2D eigenvalue weighted by atomic mass is 19.4. The normalized spacial score (nSPS) is 11.7. The van der Waals surface area contributed by atoms with Gasteiger partial charge in [0, 0.05) is 5.69 Å². The molecule has 110 valence electrons. The maximum atomic E-state index is 12.8. The Morgan fingerprint density at radius 3 is 2.38 bits per heavy atom. The number of aromatic nitrogens is 2. The Morgan fingerprint density at radius 1 is 1.24 bits per heavy atom. The maximum Gasteiger partial charge on any atom is 0.435 e. The molecule has 0 bridgehead atoms. The highest BCUT2D eigenvalue weighted by Gasteiger charge is 2.35. The van der Waals surface area contributed by atoms with Crippen LogP contribution in [0.4, 0.5) is 13.2 Å². The first-order valence-corrected chi connectivity index (χ1v) is 6.42. The lowest BCUT2D eigenvalue weighted by Gasteiger charge is -2.11. The number of aryl methyl sites for hydroxylation is 1. The zero-order chi connectivity index (χ0) is 15.8. The number of nitrogens with zero attached hydrogens (tertiary/aromatic N) is 3. The van der Waals surface area contributed by atoms with Crippen molar-refractivity contribution >= 4 is 0 Å². The van der Waals surface area contributed by atoms with E-state index >= 15 is 0 Å². The van der Waals surface area contributed by atoms with E-state index < -0.39 is 11.9 Å². The molecule has 0 radical (unpaired) electrons. The van der Waals surface area contributed by atoms with Crippen molar-refractivity contribution in [1.82, 2.24) is 9.78 Å². The molecule has 3 nitrogen and oxygen atoms in total. The van der Waals surface area contributed by atoms with E-state index in [1.807, 2.05) is 19.9 Å². The second-order valence-electron chi connectivity index (χ2n) is 5.13. The van der Waals surface area contributed by atoms with E-state index in [2.05, 4.69) is 5.10 Å². The van der Waals surface area contributed by atoms with Gasteiger partial charge in [-0.2, -0.15) is 23.5 Å². The van der Waals surface area contributed by atoms with E-state index in [1.54, 1.807) is 25.1 Å². The molecule has 0 fully saturated rings. The lowest BCUT2D eigenvalue weighted by molar-refractivity contribution is -0.141. The Balaban J connectivity index is 2.60. The molecule has 1 heterocycles. The molecule has 0 saturated heterocycles. The van der Waals surface area contributed by atoms with Gasteiger partial charge in [0.15, 0.2) is 5.69 Å². The summed E-state index contributed by atoms with van der Waals surface area (Å²) in [6.07, 6.45) is -4.48. The van der Waals surface area contributed by atoms with Gasteiger partial charge in [-0.25, -0.2) is 4.68 Å². The Morgan fingerprint density at radius 2 is 1.90 bits per heavy atom. The van der Waals surface area contributed by atoms with Gasteiger partial charge in [-0.1, -0.05) is 13.8 Å². The Labute approximate surface area is 120 Å². The average molecular weight is 293 g/mol. The average Bonchev–Trinajstić information content (AvgIpc) is 2.83. The van der Waals surface area contributed by atoms with Crippen molar-refractivity contribution in [3.63, 3.8) is 0 Å². The van der Waals surface area contributed by atoms with E-state index in [0.29, 0.717) is 22.5 Å². The molecule has 0 N–H and O–H groups in total. The first kappa shape index (κ1) is 15.1. The van der Waals surface area contributed by atoms with Gasteiger partial charge in [0.2, 0.25) is 0 Å². The van der Waals surface area contributed by atoms with Gasteiger partial charge in [-0.15, -0.1) is 0 Å². The highest BCUT2D eigenvalue weighted by Crippen LogP contribution is 2.31. The predicted octanol–water partition coefficient (Wildman–Crippen LogP) is 4.19. The van der Waals surface area contributed by atoms with Crippen LogP contribution in [0.1, 0.15) is 42.3 Å². The van der Waals surface area contributed by atoms with Crippen LogP contribution in [0.2, 0.25) is 0 Å². The van der Waals surface area contributed by atoms with Crippen molar-refractivity contribution in [1.29, 1.82) is 5.26 Å². The molecule has 1 aromatic carbocycles. The van der Waals surface area contributed by atoms with E-state index in [4.69, 9.17) is 5.26 Å². The fourth-order valence-corrected chi connectivity index (χ4v) is 2.06. The quantitative estimate of drug-likeness (QED) is 0.833. The minimum absolute atomic E-state index is 0.107. The van der Waals surface area contributed by atoms with Crippen molar-refractivity contribution < 1.29 is 13.2 Å². The van der Waals surface area contributed by atoms with Crippen molar-refractivity contribution in [3.05, 3.63) is 46.8 Å². The maximum absolute atomic E-state index is 12.8. The van der Waals surface area contributed by atoms with Crippen LogP contribution in [0, 0.1) is 18.3 Å². The van der Waals surface area contributed by atoms with Gasteiger partial charge in [-0.3, -0.25) is 0 Å². The molecule has 0 unspecified atom stereocenters. The van der Waals surface area contributed by atoms with E-state index in [-0.39, 0.29) is 5.92 Å². The summed E-state index contributed by atoms with van der Waals surface area (Å²) in [5.41, 5.74) is 1.28. The van der Waals surface area contributed by atoms with Gasteiger partial charge >= 0.3 is 6.18 Å². The second kappa shape index (κ2) is 5.24. The summed E-state index contributed by atoms with van der Waals surface area (Å²) < 4.78 is 39.8. The molecule has 0 aliphatic carbocycles. The monoisotopic (exact) mass is 293 g/mol. The van der Waals surface area contributed by atoms with Crippen molar-refractivity contribution in [3.8, 4) is 11.8 Å². The molecule has 2 aromatic rings. The number of hydrogen-bond acceptors (Lipinski definition) is 2. The van der Waals surface area contributed by atoms with Crippen LogP contribution >= 0.6 is 0 Å². The Bertz CT molecular complexity index is 706. The third-order valence-electron chi connectivity index (χ3n) is 3.19. The van der Waals surface area contributed by atoms with Gasteiger partial charge in [0.05, 0.1) is 17.3 Å². The van der Waals surface area contributed by atoms with E-state index in [9.17, 15) is 13.2 Å². The SMILES string of the molecule is Cc1cc(-n2nc(C(F)(F)F)cc2C(C)C)ccc1C#N. The molecule has 21 heavy (non-hydrogen) atoms. The molecule has 2 rings (SSSR count). The standard InChI is InChI=1S/C15H14F3N3/c1-9(2)13-7-14(15(16,17)18)20-21(13)12-5-4-11(8-19)10(3)6-12/h4-7,9H,1-3H3. The van der Waals surface area contributed by atoms with Crippen LogP contribution in [-0.4, -0.2) is 9.78 Å². The largest absolute Gasteiger partial charge is 0.435 e. The summed E-state index contributed by atoms with van der Waals surface area (Å²) in [7, 11) is 0. The lowest BCUT2D eigenvalue weighted by Crippen LogP contribution is -2.08. The Hall–Kier alpha value is -2.29. The second-order valence-corrected chi connectivity index (χ2v) is 5.13. The number of rotatable bonds is 2. The number of hydrogen-bond donors (Lipinski definition) is 0. The van der Waals surface area contributed by atoms with E-state index in [1.165, 1.54) is 4.68 Å². The number of alkyl halides is 3. The van der Waals surface area contributed by atoms with Crippen LogP contribution in [0.15, 0.2) is 24.3 Å². The van der Waals surface area contributed by atoms with Crippen LogP contribution in [0.5, 0.6) is 0 Å².